The first kappa shape index (κ1) is 10.4. The fraction of sp³-hybridized carbons (Fsp3) is 0.500. The Balaban J connectivity index is 1.97. The number of carbonyl (C=O) groups is 2. The number of amides is 1. The minimum atomic E-state index is -0.501. The molecule has 1 fully saturated rings. The first-order chi connectivity index (χ1) is 8.15. The van der Waals surface area contributed by atoms with Crippen LogP contribution < -0.4 is 5.32 Å². The molecule has 0 radical (unpaired) electrons. The Hall–Kier alpha value is -1.78. The number of furan rings is 1. The van der Waals surface area contributed by atoms with E-state index in [4.69, 9.17) is 9.15 Å². The zero-order valence-electron chi connectivity index (χ0n) is 9.54. The third-order valence-corrected chi connectivity index (χ3v) is 3.32. The van der Waals surface area contributed by atoms with Gasteiger partial charge in [-0.05, 0) is 19.8 Å². The van der Waals surface area contributed by atoms with Crippen LogP contribution in [0.3, 0.4) is 0 Å². The maximum absolute atomic E-state index is 12.0. The molecule has 0 bridgehead atoms. The lowest BCUT2D eigenvalue weighted by Crippen LogP contribution is -2.43. The highest BCUT2D eigenvalue weighted by atomic mass is 16.5. The van der Waals surface area contributed by atoms with E-state index >= 15 is 0 Å². The van der Waals surface area contributed by atoms with Crippen LogP contribution >= 0.6 is 0 Å². The SMILES string of the molecule is CCOC(=O)c1coc2c1C(=O)NC1(CC1)C2. The Morgan fingerprint density at radius 2 is 2.35 bits per heavy atom. The second kappa shape index (κ2) is 3.35. The van der Waals surface area contributed by atoms with Crippen molar-refractivity contribution < 1.29 is 18.7 Å². The quantitative estimate of drug-likeness (QED) is 0.784. The molecule has 1 saturated carbocycles. The van der Waals surface area contributed by atoms with Gasteiger partial charge in [0.1, 0.15) is 17.6 Å². The molecule has 2 heterocycles. The van der Waals surface area contributed by atoms with Crippen molar-refractivity contribution in [2.75, 3.05) is 6.61 Å². The molecule has 5 nitrogen and oxygen atoms in total. The van der Waals surface area contributed by atoms with Gasteiger partial charge in [0.2, 0.25) is 0 Å². The molecule has 1 spiro atoms. The minimum Gasteiger partial charge on any atom is -0.467 e. The highest BCUT2D eigenvalue weighted by molar-refractivity contribution is 6.07. The summed E-state index contributed by atoms with van der Waals surface area (Å²) in [5.74, 6) is -0.116. The van der Waals surface area contributed by atoms with Crippen LogP contribution in [0.4, 0.5) is 0 Å². The van der Waals surface area contributed by atoms with Crippen molar-refractivity contribution in [2.24, 2.45) is 0 Å². The number of carbonyl (C=O) groups excluding carboxylic acids is 2. The Morgan fingerprint density at radius 1 is 1.59 bits per heavy atom. The summed E-state index contributed by atoms with van der Waals surface area (Å²) in [7, 11) is 0. The molecular formula is C12H13NO4. The molecule has 1 aliphatic heterocycles. The number of hydrogen-bond donors (Lipinski definition) is 1. The first-order valence-corrected chi connectivity index (χ1v) is 5.75. The topological polar surface area (TPSA) is 68.5 Å². The molecule has 1 aromatic rings. The third-order valence-electron chi connectivity index (χ3n) is 3.32. The Bertz CT molecular complexity index is 499. The van der Waals surface area contributed by atoms with Gasteiger partial charge in [0.05, 0.1) is 12.2 Å². The van der Waals surface area contributed by atoms with Gasteiger partial charge in [-0.2, -0.15) is 0 Å². The van der Waals surface area contributed by atoms with Crippen molar-refractivity contribution >= 4 is 11.9 Å². The van der Waals surface area contributed by atoms with Crippen LogP contribution in [-0.2, 0) is 11.2 Å². The van der Waals surface area contributed by atoms with E-state index in [2.05, 4.69) is 5.32 Å². The molecule has 17 heavy (non-hydrogen) atoms. The molecule has 0 saturated heterocycles. The number of rotatable bonds is 2. The van der Waals surface area contributed by atoms with E-state index in [0.29, 0.717) is 17.7 Å². The maximum atomic E-state index is 12.0. The molecule has 1 N–H and O–H groups in total. The zero-order chi connectivity index (χ0) is 12.0. The van der Waals surface area contributed by atoms with Gasteiger partial charge in [0, 0.05) is 12.0 Å². The molecule has 1 aromatic heterocycles. The summed E-state index contributed by atoms with van der Waals surface area (Å²) in [6.45, 7) is 2.01. The molecule has 0 unspecified atom stereocenters. The van der Waals surface area contributed by atoms with Gasteiger partial charge in [-0.1, -0.05) is 0 Å². The molecule has 0 atom stereocenters. The number of ether oxygens (including phenoxy) is 1. The average molecular weight is 235 g/mol. The summed E-state index contributed by atoms with van der Waals surface area (Å²) >= 11 is 0. The zero-order valence-corrected chi connectivity index (χ0v) is 9.54. The minimum absolute atomic E-state index is 0.103. The molecule has 2 aliphatic rings. The predicted octanol–water partition coefficient (Wildman–Crippen LogP) is 1.27. The lowest BCUT2D eigenvalue weighted by molar-refractivity contribution is 0.0521. The van der Waals surface area contributed by atoms with Crippen LogP contribution in [0.5, 0.6) is 0 Å². The first-order valence-electron chi connectivity index (χ1n) is 5.75. The summed E-state index contributed by atoms with van der Waals surface area (Å²) in [6.07, 6.45) is 3.96. The van der Waals surface area contributed by atoms with E-state index in [9.17, 15) is 9.59 Å². The number of nitrogens with one attached hydrogen (secondary N) is 1. The molecule has 90 valence electrons. The lowest BCUT2D eigenvalue weighted by atomic mass is 9.98. The van der Waals surface area contributed by atoms with Gasteiger partial charge in [0.25, 0.3) is 5.91 Å². The van der Waals surface area contributed by atoms with E-state index in [0.717, 1.165) is 12.8 Å². The van der Waals surface area contributed by atoms with Crippen molar-refractivity contribution in [2.45, 2.75) is 31.7 Å². The van der Waals surface area contributed by atoms with E-state index in [1.807, 2.05) is 0 Å². The van der Waals surface area contributed by atoms with Crippen LogP contribution in [0, 0.1) is 0 Å². The number of esters is 1. The van der Waals surface area contributed by atoms with Crippen LogP contribution in [0.2, 0.25) is 0 Å². The van der Waals surface area contributed by atoms with Crippen molar-refractivity contribution in [1.29, 1.82) is 0 Å². The molecular weight excluding hydrogens is 222 g/mol. The van der Waals surface area contributed by atoms with Crippen LogP contribution in [-0.4, -0.2) is 24.0 Å². The van der Waals surface area contributed by atoms with Gasteiger partial charge in [0.15, 0.2) is 0 Å². The van der Waals surface area contributed by atoms with Crippen LogP contribution in [0.1, 0.15) is 46.2 Å². The fourth-order valence-electron chi connectivity index (χ4n) is 2.24. The van der Waals surface area contributed by atoms with Crippen LogP contribution in [0.25, 0.3) is 0 Å². The number of fused-ring (bicyclic) bond motifs is 1. The largest absolute Gasteiger partial charge is 0.467 e. The molecule has 1 aliphatic carbocycles. The second-order valence-electron chi connectivity index (χ2n) is 4.58. The van der Waals surface area contributed by atoms with Crippen LogP contribution in [0.15, 0.2) is 10.7 Å². The highest BCUT2D eigenvalue weighted by Gasteiger charge is 2.50. The molecule has 5 heteroatoms. The van der Waals surface area contributed by atoms with E-state index in [1.54, 1.807) is 6.92 Å². The van der Waals surface area contributed by atoms with E-state index < -0.39 is 5.97 Å². The average Bonchev–Trinajstić information content (AvgIpc) is 2.87. The molecule has 3 rings (SSSR count). The summed E-state index contributed by atoms with van der Waals surface area (Å²) in [4.78, 5) is 23.6. The van der Waals surface area contributed by atoms with Gasteiger partial charge < -0.3 is 14.5 Å². The van der Waals surface area contributed by atoms with Crippen molar-refractivity contribution in [3.05, 3.63) is 23.2 Å². The Morgan fingerprint density at radius 3 is 3.00 bits per heavy atom. The second-order valence-corrected chi connectivity index (χ2v) is 4.58. The van der Waals surface area contributed by atoms with E-state index in [-0.39, 0.29) is 23.6 Å². The Kier molecular flexibility index (Phi) is 2.05. The van der Waals surface area contributed by atoms with Gasteiger partial charge in [-0.15, -0.1) is 0 Å². The highest BCUT2D eigenvalue weighted by Crippen LogP contribution is 2.43. The summed E-state index contributed by atoms with van der Waals surface area (Å²) in [5, 5.41) is 2.94. The monoisotopic (exact) mass is 235 g/mol. The summed E-state index contributed by atoms with van der Waals surface area (Å²) in [6, 6.07) is 0. The summed E-state index contributed by atoms with van der Waals surface area (Å²) < 4.78 is 10.2. The number of hydrogen-bond acceptors (Lipinski definition) is 4. The third kappa shape index (κ3) is 1.53. The molecule has 1 amide bonds. The maximum Gasteiger partial charge on any atom is 0.342 e. The van der Waals surface area contributed by atoms with Crippen molar-refractivity contribution in [3.63, 3.8) is 0 Å². The Labute approximate surface area is 98.1 Å². The predicted molar refractivity (Wildman–Crippen MR) is 57.8 cm³/mol. The van der Waals surface area contributed by atoms with Gasteiger partial charge in [-0.25, -0.2) is 4.79 Å². The fourth-order valence-corrected chi connectivity index (χ4v) is 2.24. The smallest absolute Gasteiger partial charge is 0.342 e. The van der Waals surface area contributed by atoms with Crippen molar-refractivity contribution in [1.82, 2.24) is 5.32 Å². The van der Waals surface area contributed by atoms with Gasteiger partial charge >= 0.3 is 5.97 Å². The van der Waals surface area contributed by atoms with Crippen molar-refractivity contribution in [3.8, 4) is 0 Å². The normalized spacial score (nSPS) is 19.7. The van der Waals surface area contributed by atoms with Gasteiger partial charge in [-0.3, -0.25) is 4.79 Å². The molecule has 0 aromatic carbocycles. The standard InChI is InChI=1S/C12H13NO4/c1-2-16-11(15)7-6-17-8-5-12(3-4-12)13-10(14)9(7)8/h6H,2-5H2,1H3,(H,13,14). The lowest BCUT2D eigenvalue weighted by Gasteiger charge is -2.22. The summed E-state index contributed by atoms with van der Waals surface area (Å²) in [5.41, 5.74) is 0.476. The van der Waals surface area contributed by atoms with E-state index in [1.165, 1.54) is 6.26 Å².